The molecule has 19 heavy (non-hydrogen) atoms. The van der Waals surface area contributed by atoms with E-state index in [4.69, 9.17) is 15.7 Å². The first kappa shape index (κ1) is 15.8. The monoisotopic (exact) mass is 271 g/mol. The Kier molecular flexibility index (Phi) is 5.60. The van der Waals surface area contributed by atoms with E-state index in [1.807, 2.05) is 27.7 Å². The number of amides is 1. The minimum absolute atomic E-state index is 0.0121. The smallest absolute Gasteiger partial charge is 0.226 e. The minimum Gasteiger partial charge on any atom is -0.409 e. The summed E-state index contributed by atoms with van der Waals surface area (Å²) in [6.07, 6.45) is 1.10. The van der Waals surface area contributed by atoms with Crippen LogP contribution in [0.2, 0.25) is 0 Å². The Hall–Kier alpha value is -1.30. The van der Waals surface area contributed by atoms with Gasteiger partial charge in [-0.1, -0.05) is 19.0 Å². The zero-order chi connectivity index (χ0) is 14.6. The number of carbonyl (C=O) groups excluding carboxylic acids is 1. The second kappa shape index (κ2) is 6.75. The second-order valence-electron chi connectivity index (χ2n) is 5.34. The van der Waals surface area contributed by atoms with Crippen LogP contribution in [0.25, 0.3) is 0 Å². The lowest BCUT2D eigenvalue weighted by molar-refractivity contribution is -0.127. The molecule has 6 nitrogen and oxygen atoms in total. The van der Waals surface area contributed by atoms with Gasteiger partial charge in [-0.15, -0.1) is 0 Å². The normalized spacial score (nSPS) is 33.2. The number of oxime groups is 1. The summed E-state index contributed by atoms with van der Waals surface area (Å²) in [5, 5.41) is 14.5. The van der Waals surface area contributed by atoms with Crippen LogP contribution in [0.3, 0.4) is 0 Å². The van der Waals surface area contributed by atoms with Crippen LogP contribution in [-0.4, -0.2) is 35.2 Å². The van der Waals surface area contributed by atoms with E-state index < -0.39 is 0 Å². The fourth-order valence-corrected chi connectivity index (χ4v) is 2.61. The van der Waals surface area contributed by atoms with E-state index in [1.165, 1.54) is 0 Å². The highest BCUT2D eigenvalue weighted by molar-refractivity contribution is 5.83. The maximum Gasteiger partial charge on any atom is 0.226 e. The number of amidine groups is 1. The van der Waals surface area contributed by atoms with Gasteiger partial charge in [-0.05, 0) is 26.2 Å². The van der Waals surface area contributed by atoms with Gasteiger partial charge in [-0.25, -0.2) is 0 Å². The predicted octanol–water partition coefficient (Wildman–Crippen LogP) is 1.08. The third kappa shape index (κ3) is 3.83. The molecule has 0 aliphatic carbocycles. The van der Waals surface area contributed by atoms with E-state index in [0.717, 1.165) is 6.42 Å². The molecule has 1 fully saturated rings. The molecule has 0 bridgehead atoms. The number of nitrogens with two attached hydrogens (primary N) is 1. The van der Waals surface area contributed by atoms with Gasteiger partial charge in [0.1, 0.15) is 5.84 Å². The number of rotatable bonds is 5. The second-order valence-corrected chi connectivity index (χ2v) is 5.34. The molecule has 110 valence electrons. The van der Waals surface area contributed by atoms with Crippen molar-refractivity contribution in [1.82, 2.24) is 5.32 Å². The fraction of sp³-hybridized carbons (Fsp3) is 0.846. The van der Waals surface area contributed by atoms with Crippen LogP contribution in [0.15, 0.2) is 5.16 Å². The highest BCUT2D eigenvalue weighted by atomic mass is 16.5. The van der Waals surface area contributed by atoms with Crippen LogP contribution < -0.4 is 11.1 Å². The number of nitrogens with one attached hydrogen (secondary N) is 1. The first-order valence-electron chi connectivity index (χ1n) is 6.82. The van der Waals surface area contributed by atoms with Crippen molar-refractivity contribution in [2.75, 3.05) is 0 Å². The summed E-state index contributed by atoms with van der Waals surface area (Å²) >= 11 is 0. The molecule has 1 rings (SSSR count). The Morgan fingerprint density at radius 2 is 2.05 bits per heavy atom. The zero-order valence-corrected chi connectivity index (χ0v) is 12.1. The van der Waals surface area contributed by atoms with Crippen molar-refractivity contribution >= 4 is 11.7 Å². The molecule has 0 aromatic heterocycles. The van der Waals surface area contributed by atoms with Crippen molar-refractivity contribution in [3.8, 4) is 0 Å². The zero-order valence-electron chi connectivity index (χ0n) is 12.1. The van der Waals surface area contributed by atoms with E-state index in [1.54, 1.807) is 0 Å². The number of hydrogen-bond acceptors (Lipinski definition) is 4. The summed E-state index contributed by atoms with van der Waals surface area (Å²) in [6, 6.07) is -0.112. The summed E-state index contributed by atoms with van der Waals surface area (Å²) in [5.41, 5.74) is 5.48. The standard InChI is InChI=1S/C13H25N3O3/c1-5-10(6-11(14)16-18)15-13(17)12-7(2)8(3)19-9(12)4/h7-10,12,18H,5-6H2,1-4H3,(H2,14,16)(H,15,17). The molecule has 0 radical (unpaired) electrons. The van der Waals surface area contributed by atoms with E-state index in [9.17, 15) is 4.79 Å². The minimum atomic E-state index is -0.142. The molecule has 1 aliphatic heterocycles. The van der Waals surface area contributed by atoms with Crippen molar-refractivity contribution in [2.45, 2.75) is 58.8 Å². The van der Waals surface area contributed by atoms with Gasteiger partial charge in [0.25, 0.3) is 0 Å². The summed E-state index contributed by atoms with van der Waals surface area (Å²) in [6.45, 7) is 7.90. The van der Waals surface area contributed by atoms with Crippen LogP contribution in [0.1, 0.15) is 40.5 Å². The van der Waals surface area contributed by atoms with Crippen LogP contribution in [0.4, 0.5) is 0 Å². The quantitative estimate of drug-likeness (QED) is 0.301. The lowest BCUT2D eigenvalue weighted by atomic mass is 9.88. The van der Waals surface area contributed by atoms with Crippen molar-refractivity contribution in [2.24, 2.45) is 22.7 Å². The average molecular weight is 271 g/mol. The average Bonchev–Trinajstić information content (AvgIpc) is 2.62. The molecule has 0 aromatic carbocycles. The fourth-order valence-electron chi connectivity index (χ4n) is 2.61. The van der Waals surface area contributed by atoms with E-state index in [-0.39, 0.29) is 41.8 Å². The highest BCUT2D eigenvalue weighted by Gasteiger charge is 2.41. The number of ether oxygens (including phenoxy) is 1. The first-order chi connectivity index (χ1) is 8.90. The van der Waals surface area contributed by atoms with Crippen LogP contribution in [0, 0.1) is 11.8 Å². The third-order valence-electron chi connectivity index (χ3n) is 3.97. The van der Waals surface area contributed by atoms with E-state index >= 15 is 0 Å². The van der Waals surface area contributed by atoms with Gasteiger partial charge in [0.15, 0.2) is 0 Å². The predicted molar refractivity (Wildman–Crippen MR) is 72.9 cm³/mol. The van der Waals surface area contributed by atoms with Crippen molar-refractivity contribution < 1.29 is 14.7 Å². The van der Waals surface area contributed by atoms with Crippen LogP contribution in [-0.2, 0) is 9.53 Å². The largest absolute Gasteiger partial charge is 0.409 e. The molecular weight excluding hydrogens is 246 g/mol. The molecule has 1 aliphatic rings. The van der Waals surface area contributed by atoms with Crippen molar-refractivity contribution in [1.29, 1.82) is 0 Å². The Morgan fingerprint density at radius 3 is 2.47 bits per heavy atom. The summed E-state index contributed by atoms with van der Waals surface area (Å²) < 4.78 is 5.68. The molecule has 0 spiro atoms. The summed E-state index contributed by atoms with van der Waals surface area (Å²) in [7, 11) is 0. The van der Waals surface area contributed by atoms with Crippen molar-refractivity contribution in [3.05, 3.63) is 0 Å². The Balaban J connectivity index is 2.62. The van der Waals surface area contributed by atoms with Gasteiger partial charge in [-0.3, -0.25) is 4.79 Å². The lowest BCUT2D eigenvalue weighted by Crippen LogP contribution is -2.44. The Morgan fingerprint density at radius 1 is 1.42 bits per heavy atom. The molecule has 5 atom stereocenters. The first-order valence-corrected chi connectivity index (χ1v) is 6.82. The van der Waals surface area contributed by atoms with Gasteiger partial charge in [0, 0.05) is 12.5 Å². The van der Waals surface area contributed by atoms with Crippen LogP contribution >= 0.6 is 0 Å². The number of hydrogen-bond donors (Lipinski definition) is 3. The number of nitrogens with zero attached hydrogens (tertiary/aromatic N) is 1. The molecule has 5 unspecified atom stereocenters. The van der Waals surface area contributed by atoms with Gasteiger partial charge >= 0.3 is 0 Å². The maximum absolute atomic E-state index is 12.3. The van der Waals surface area contributed by atoms with Gasteiger partial charge in [0.05, 0.1) is 18.1 Å². The Labute approximate surface area is 114 Å². The van der Waals surface area contributed by atoms with E-state index in [2.05, 4.69) is 10.5 Å². The topological polar surface area (TPSA) is 96.9 Å². The van der Waals surface area contributed by atoms with Crippen molar-refractivity contribution in [3.63, 3.8) is 0 Å². The molecule has 4 N–H and O–H groups in total. The number of carbonyl (C=O) groups is 1. The molecule has 1 saturated heterocycles. The summed E-state index contributed by atoms with van der Waals surface area (Å²) in [5.74, 6) is 0.166. The molecule has 0 aromatic rings. The van der Waals surface area contributed by atoms with Gasteiger partial charge in [0.2, 0.25) is 5.91 Å². The third-order valence-corrected chi connectivity index (χ3v) is 3.97. The molecular formula is C13H25N3O3. The van der Waals surface area contributed by atoms with Crippen LogP contribution in [0.5, 0.6) is 0 Å². The SMILES string of the molecule is CCC(CC(N)=NO)NC(=O)C1C(C)OC(C)C1C. The van der Waals surface area contributed by atoms with Gasteiger partial charge in [-0.2, -0.15) is 0 Å². The molecule has 1 amide bonds. The highest BCUT2D eigenvalue weighted by Crippen LogP contribution is 2.32. The maximum atomic E-state index is 12.3. The molecule has 1 heterocycles. The molecule has 0 saturated carbocycles. The lowest BCUT2D eigenvalue weighted by Gasteiger charge is -2.22. The molecule has 6 heteroatoms. The summed E-state index contributed by atoms with van der Waals surface area (Å²) in [4.78, 5) is 12.3. The Bertz CT molecular complexity index is 346. The van der Waals surface area contributed by atoms with E-state index in [0.29, 0.717) is 6.42 Å². The van der Waals surface area contributed by atoms with Gasteiger partial charge < -0.3 is 21.0 Å².